The van der Waals surface area contributed by atoms with Crippen molar-refractivity contribution in [1.29, 1.82) is 0 Å². The van der Waals surface area contributed by atoms with Gasteiger partial charge in [-0.1, -0.05) is 42.2 Å². The van der Waals surface area contributed by atoms with Crippen molar-refractivity contribution in [3.8, 4) is 11.5 Å². The lowest BCUT2D eigenvalue weighted by atomic mass is 10.1. The fraction of sp³-hybridized carbons (Fsp3) is 0.261. The van der Waals surface area contributed by atoms with Crippen LogP contribution >= 0.6 is 23.1 Å². The van der Waals surface area contributed by atoms with E-state index in [2.05, 4.69) is 10.3 Å². The van der Waals surface area contributed by atoms with Gasteiger partial charge in [-0.15, -0.1) is 0 Å². The van der Waals surface area contributed by atoms with Gasteiger partial charge in [-0.05, 0) is 49.2 Å². The van der Waals surface area contributed by atoms with Gasteiger partial charge in [-0.2, -0.15) is 0 Å². The van der Waals surface area contributed by atoms with E-state index in [9.17, 15) is 4.79 Å². The van der Waals surface area contributed by atoms with Gasteiger partial charge in [0.1, 0.15) is 17.0 Å². The summed E-state index contributed by atoms with van der Waals surface area (Å²) in [6.45, 7) is 4.04. The van der Waals surface area contributed by atoms with Crippen LogP contribution in [0.25, 0.3) is 21.1 Å². The van der Waals surface area contributed by atoms with Crippen LogP contribution in [0.1, 0.15) is 18.9 Å². The minimum atomic E-state index is -0.291. The summed E-state index contributed by atoms with van der Waals surface area (Å²) in [5, 5.41) is 5.10. The number of ether oxygens (including phenoxy) is 2. The van der Waals surface area contributed by atoms with Crippen LogP contribution in [-0.4, -0.2) is 35.3 Å². The number of pyridine rings is 1. The van der Waals surface area contributed by atoms with Crippen molar-refractivity contribution in [2.45, 2.75) is 30.5 Å². The molecule has 0 saturated carbocycles. The van der Waals surface area contributed by atoms with Gasteiger partial charge in [-0.3, -0.25) is 4.79 Å². The molecule has 0 radical (unpaired) electrons. The van der Waals surface area contributed by atoms with Crippen molar-refractivity contribution in [2.24, 2.45) is 0 Å². The number of methoxy groups -OCH3 is 2. The lowest BCUT2D eigenvalue weighted by molar-refractivity contribution is -0.115. The number of anilines is 1. The Morgan fingerprint density at radius 3 is 2.74 bits per heavy atom. The summed E-state index contributed by atoms with van der Waals surface area (Å²) in [4.78, 5) is 22.3. The van der Waals surface area contributed by atoms with Gasteiger partial charge in [0, 0.05) is 5.39 Å². The van der Waals surface area contributed by atoms with Gasteiger partial charge in [0.15, 0.2) is 5.13 Å². The first kappa shape index (κ1) is 21.4. The first-order valence-corrected chi connectivity index (χ1v) is 11.6. The monoisotopic (exact) mass is 453 g/mol. The third kappa shape index (κ3) is 4.45. The molecular weight excluding hydrogens is 430 g/mol. The molecule has 160 valence electrons. The molecule has 4 rings (SSSR count). The third-order valence-electron chi connectivity index (χ3n) is 4.96. The van der Waals surface area contributed by atoms with Crippen LogP contribution in [0.4, 0.5) is 5.13 Å². The number of aryl methyl sites for hydroxylation is 1. The molecular formula is C23H23N3O3S2. The summed E-state index contributed by atoms with van der Waals surface area (Å²) in [5.41, 5.74) is 2.74. The molecule has 0 aliphatic carbocycles. The Hall–Kier alpha value is -2.84. The zero-order chi connectivity index (χ0) is 22.0. The highest BCUT2D eigenvalue weighted by atomic mass is 32.2. The number of para-hydroxylation sites is 1. The Bertz CT molecular complexity index is 1260. The van der Waals surface area contributed by atoms with Gasteiger partial charge < -0.3 is 14.8 Å². The predicted octanol–water partition coefficient (Wildman–Crippen LogP) is 5.68. The van der Waals surface area contributed by atoms with Crippen LogP contribution in [0, 0.1) is 6.92 Å². The van der Waals surface area contributed by atoms with E-state index < -0.39 is 0 Å². The van der Waals surface area contributed by atoms with Crippen LogP contribution < -0.4 is 14.8 Å². The number of carbonyl (C=O) groups excluding carboxylic acids is 1. The van der Waals surface area contributed by atoms with Gasteiger partial charge >= 0.3 is 0 Å². The lowest BCUT2D eigenvalue weighted by Crippen LogP contribution is -2.24. The first-order valence-electron chi connectivity index (χ1n) is 9.88. The largest absolute Gasteiger partial charge is 0.497 e. The molecule has 0 aliphatic rings. The molecule has 0 bridgehead atoms. The van der Waals surface area contributed by atoms with Crippen LogP contribution in [0.5, 0.6) is 11.5 Å². The topological polar surface area (TPSA) is 73.3 Å². The molecule has 1 unspecified atom stereocenters. The second kappa shape index (κ2) is 9.11. The average Bonchev–Trinajstić information content (AvgIpc) is 3.18. The summed E-state index contributed by atoms with van der Waals surface area (Å²) in [7, 11) is 3.27. The maximum Gasteiger partial charge on any atom is 0.239 e. The summed E-state index contributed by atoms with van der Waals surface area (Å²) < 4.78 is 11.7. The highest BCUT2D eigenvalue weighted by Gasteiger charge is 2.21. The molecule has 0 saturated heterocycles. The molecule has 8 heteroatoms. The fourth-order valence-corrected chi connectivity index (χ4v) is 5.24. The highest BCUT2D eigenvalue weighted by Crippen LogP contribution is 2.33. The van der Waals surface area contributed by atoms with E-state index in [1.54, 1.807) is 14.2 Å². The van der Waals surface area contributed by atoms with Gasteiger partial charge in [-0.25, -0.2) is 9.97 Å². The molecule has 1 atom stereocenters. The number of thioether (sulfide) groups is 1. The van der Waals surface area contributed by atoms with E-state index in [4.69, 9.17) is 14.5 Å². The van der Waals surface area contributed by atoms with Crippen LogP contribution in [-0.2, 0) is 4.79 Å². The van der Waals surface area contributed by atoms with E-state index in [1.807, 2.05) is 56.3 Å². The molecule has 0 fully saturated rings. The zero-order valence-electron chi connectivity index (χ0n) is 17.8. The second-order valence-electron chi connectivity index (χ2n) is 6.99. The van der Waals surface area contributed by atoms with Crippen LogP contribution in [0.3, 0.4) is 0 Å². The zero-order valence-corrected chi connectivity index (χ0v) is 19.4. The van der Waals surface area contributed by atoms with E-state index in [-0.39, 0.29) is 11.2 Å². The maximum absolute atomic E-state index is 13.0. The second-order valence-corrected chi connectivity index (χ2v) is 9.24. The van der Waals surface area contributed by atoms with Crippen molar-refractivity contribution in [3.05, 3.63) is 48.0 Å². The molecule has 1 amide bonds. The molecule has 31 heavy (non-hydrogen) atoms. The van der Waals surface area contributed by atoms with Crippen molar-refractivity contribution in [2.75, 3.05) is 19.5 Å². The average molecular weight is 454 g/mol. The SMILES string of the molecule is CCC(Sc1cc(C)c2cccc(OC)c2n1)C(=O)Nc1nc2ccc(OC)cc2s1. The van der Waals surface area contributed by atoms with E-state index in [0.717, 1.165) is 43.2 Å². The van der Waals surface area contributed by atoms with E-state index in [0.29, 0.717) is 11.6 Å². The van der Waals surface area contributed by atoms with Crippen LogP contribution in [0.15, 0.2) is 47.5 Å². The minimum Gasteiger partial charge on any atom is -0.497 e. The molecule has 2 aromatic heterocycles. The van der Waals surface area contributed by atoms with Crippen LogP contribution in [0.2, 0.25) is 0 Å². The molecule has 6 nitrogen and oxygen atoms in total. The number of fused-ring (bicyclic) bond motifs is 2. The quantitative estimate of drug-likeness (QED) is 0.363. The number of nitrogens with zero attached hydrogens (tertiary/aromatic N) is 2. The standard InChI is InChI=1S/C23H23N3O3S2/c1-5-18(22(27)26-23-24-16-10-9-14(28-3)12-19(16)31-23)30-20-11-13(2)15-7-6-8-17(29-4)21(15)25-20/h6-12,18H,5H2,1-4H3,(H,24,26,27). The maximum atomic E-state index is 13.0. The summed E-state index contributed by atoms with van der Waals surface area (Å²) in [6.07, 6.45) is 0.667. The van der Waals surface area contributed by atoms with Gasteiger partial charge in [0.05, 0.1) is 34.7 Å². The smallest absolute Gasteiger partial charge is 0.239 e. The first-order chi connectivity index (χ1) is 15.0. The Labute approximate surface area is 189 Å². The Morgan fingerprint density at radius 1 is 1.16 bits per heavy atom. The number of carbonyl (C=O) groups is 1. The van der Waals surface area contributed by atoms with E-state index >= 15 is 0 Å². The number of benzene rings is 2. The highest BCUT2D eigenvalue weighted by molar-refractivity contribution is 8.00. The lowest BCUT2D eigenvalue weighted by Gasteiger charge is -2.15. The van der Waals surface area contributed by atoms with Crippen molar-refractivity contribution >= 4 is 55.3 Å². The fourth-order valence-electron chi connectivity index (χ4n) is 3.33. The van der Waals surface area contributed by atoms with Crippen molar-refractivity contribution in [1.82, 2.24) is 9.97 Å². The Kier molecular flexibility index (Phi) is 6.29. The summed E-state index contributed by atoms with van der Waals surface area (Å²) in [6, 6.07) is 13.6. The number of thiazole rings is 1. The van der Waals surface area contributed by atoms with Gasteiger partial charge in [0.25, 0.3) is 0 Å². The van der Waals surface area contributed by atoms with Gasteiger partial charge in [0.2, 0.25) is 5.91 Å². The number of hydrogen-bond acceptors (Lipinski definition) is 7. The summed E-state index contributed by atoms with van der Waals surface area (Å²) in [5.74, 6) is 1.41. The Morgan fingerprint density at radius 2 is 2.00 bits per heavy atom. The molecule has 2 aromatic carbocycles. The number of aromatic nitrogens is 2. The van der Waals surface area contributed by atoms with Crippen molar-refractivity contribution in [3.63, 3.8) is 0 Å². The normalized spacial score (nSPS) is 12.1. The molecule has 1 N–H and O–H groups in total. The Balaban J connectivity index is 1.55. The third-order valence-corrected chi connectivity index (χ3v) is 7.17. The predicted molar refractivity (Wildman–Crippen MR) is 128 cm³/mol. The summed E-state index contributed by atoms with van der Waals surface area (Å²) >= 11 is 2.89. The molecule has 0 aliphatic heterocycles. The minimum absolute atomic E-state index is 0.0851. The number of hydrogen-bond donors (Lipinski definition) is 1. The number of nitrogens with one attached hydrogen (secondary N) is 1. The number of rotatable bonds is 7. The molecule has 0 spiro atoms. The van der Waals surface area contributed by atoms with E-state index in [1.165, 1.54) is 23.1 Å². The number of amides is 1. The molecule has 4 aromatic rings. The van der Waals surface area contributed by atoms with Crippen molar-refractivity contribution < 1.29 is 14.3 Å². The molecule has 2 heterocycles.